The molecule has 176 valence electrons. The molecule has 1 aliphatic rings. The molecule has 4 rings (SSSR count). The van der Waals surface area contributed by atoms with Crippen LogP contribution in [0.1, 0.15) is 33.1 Å². The van der Waals surface area contributed by atoms with Gasteiger partial charge in [-0.25, -0.2) is 0 Å². The van der Waals surface area contributed by atoms with Gasteiger partial charge in [0.1, 0.15) is 0 Å². The highest BCUT2D eigenvalue weighted by molar-refractivity contribution is 6.30. The maximum absolute atomic E-state index is 12.8. The molecule has 2 N–H and O–H groups in total. The number of fused-ring (bicyclic) bond motifs is 1. The van der Waals surface area contributed by atoms with Crippen LogP contribution in [-0.4, -0.2) is 44.0 Å². The summed E-state index contributed by atoms with van der Waals surface area (Å²) in [5.74, 6) is 0.571. The zero-order valence-electron chi connectivity index (χ0n) is 19.0. The van der Waals surface area contributed by atoms with E-state index >= 15 is 0 Å². The lowest BCUT2D eigenvalue weighted by molar-refractivity contribution is -0.123. The third-order valence-corrected chi connectivity index (χ3v) is 6.07. The van der Waals surface area contributed by atoms with Gasteiger partial charge in [-0.3, -0.25) is 25.3 Å². The van der Waals surface area contributed by atoms with E-state index < -0.39 is 5.91 Å². The summed E-state index contributed by atoms with van der Waals surface area (Å²) in [6.45, 7) is 0.765. The monoisotopic (exact) mass is 479 g/mol. The lowest BCUT2D eigenvalue weighted by Crippen LogP contribution is -2.48. The van der Waals surface area contributed by atoms with E-state index in [4.69, 9.17) is 21.1 Å². The Morgan fingerprint density at radius 2 is 1.71 bits per heavy atom. The Morgan fingerprint density at radius 1 is 0.971 bits per heavy atom. The van der Waals surface area contributed by atoms with Crippen molar-refractivity contribution in [3.63, 3.8) is 0 Å². The molecule has 3 aromatic rings. The van der Waals surface area contributed by atoms with E-state index in [-0.39, 0.29) is 18.5 Å². The van der Waals surface area contributed by atoms with Crippen molar-refractivity contribution in [2.75, 3.05) is 27.3 Å². The number of hydrogen-bond donors (Lipinski definition) is 2. The van der Waals surface area contributed by atoms with E-state index in [2.05, 4.69) is 15.8 Å². The van der Waals surface area contributed by atoms with Crippen LogP contribution >= 0.6 is 11.6 Å². The molecule has 0 aromatic heterocycles. The second-order valence-corrected chi connectivity index (χ2v) is 8.39. The Balaban J connectivity index is 1.54. The Labute approximate surface area is 203 Å². The second kappa shape index (κ2) is 10.6. The molecule has 0 saturated carbocycles. The number of methoxy groups -OCH3 is 2. The van der Waals surface area contributed by atoms with Gasteiger partial charge >= 0.3 is 0 Å². The highest BCUT2D eigenvalue weighted by atomic mass is 35.5. The summed E-state index contributed by atoms with van der Waals surface area (Å²) in [5.41, 5.74) is 8.62. The Hall–Kier alpha value is -3.55. The van der Waals surface area contributed by atoms with E-state index in [1.165, 1.54) is 6.07 Å². The number of ether oxygens (including phenoxy) is 2. The van der Waals surface area contributed by atoms with Gasteiger partial charge < -0.3 is 9.47 Å². The molecule has 7 nitrogen and oxygen atoms in total. The molecule has 0 fully saturated rings. The molecule has 0 radical (unpaired) electrons. The minimum absolute atomic E-state index is 0.100. The Bertz CT molecular complexity index is 1190. The van der Waals surface area contributed by atoms with Crippen molar-refractivity contribution in [1.29, 1.82) is 0 Å². The third-order valence-electron chi connectivity index (χ3n) is 5.84. The quantitative estimate of drug-likeness (QED) is 0.526. The SMILES string of the molecule is COc1cc2c(cc1OC)[C@@H](c1ccccc1)N(CC(=O)NNC(=O)c1cccc(Cl)c1)CC2. The van der Waals surface area contributed by atoms with Crippen LogP contribution in [0.2, 0.25) is 5.02 Å². The highest BCUT2D eigenvalue weighted by Gasteiger charge is 2.31. The van der Waals surface area contributed by atoms with Gasteiger partial charge in [0.2, 0.25) is 0 Å². The van der Waals surface area contributed by atoms with Gasteiger partial charge in [-0.05, 0) is 53.4 Å². The van der Waals surface area contributed by atoms with Crippen molar-refractivity contribution >= 4 is 23.4 Å². The number of hydrogen-bond acceptors (Lipinski definition) is 5. The number of benzene rings is 3. The van der Waals surface area contributed by atoms with Crippen molar-refractivity contribution in [3.8, 4) is 11.5 Å². The Kier molecular flexibility index (Phi) is 7.35. The van der Waals surface area contributed by atoms with Crippen molar-refractivity contribution in [1.82, 2.24) is 15.8 Å². The summed E-state index contributed by atoms with van der Waals surface area (Å²) < 4.78 is 11.0. The standard InChI is InChI=1S/C26H26ClN3O4/c1-33-22-14-18-11-12-30(16-24(31)28-29-26(32)19-9-6-10-20(27)13-19)25(17-7-4-3-5-8-17)21(18)15-23(22)34-2/h3-10,13-15,25H,11-12,16H2,1-2H3,(H,28,31)(H,29,32)/t25-/m1/s1. The van der Waals surface area contributed by atoms with Crippen LogP contribution in [0.3, 0.4) is 0 Å². The van der Waals surface area contributed by atoms with E-state index in [1.54, 1.807) is 32.4 Å². The fraction of sp³-hybridized carbons (Fsp3) is 0.231. The van der Waals surface area contributed by atoms with E-state index in [1.807, 2.05) is 42.5 Å². The van der Waals surface area contributed by atoms with Gasteiger partial charge in [0.25, 0.3) is 11.8 Å². The molecule has 1 aliphatic heterocycles. The largest absolute Gasteiger partial charge is 0.493 e. The number of carbonyl (C=O) groups is 2. The van der Waals surface area contributed by atoms with E-state index in [0.29, 0.717) is 28.6 Å². The molecule has 0 unspecified atom stereocenters. The average Bonchev–Trinajstić information content (AvgIpc) is 2.86. The molecule has 0 spiro atoms. The maximum atomic E-state index is 12.8. The summed E-state index contributed by atoms with van der Waals surface area (Å²) in [4.78, 5) is 27.2. The lowest BCUT2D eigenvalue weighted by atomic mass is 9.87. The average molecular weight is 480 g/mol. The number of amides is 2. The summed E-state index contributed by atoms with van der Waals surface area (Å²) in [6, 6.07) is 20.4. The minimum Gasteiger partial charge on any atom is -0.493 e. The molecule has 0 bridgehead atoms. The smallest absolute Gasteiger partial charge is 0.269 e. The van der Waals surface area contributed by atoms with Crippen LogP contribution in [0.25, 0.3) is 0 Å². The molecule has 1 heterocycles. The van der Waals surface area contributed by atoms with Gasteiger partial charge in [0.05, 0.1) is 26.8 Å². The fourth-order valence-electron chi connectivity index (χ4n) is 4.25. The minimum atomic E-state index is -0.434. The number of carbonyl (C=O) groups excluding carboxylic acids is 2. The summed E-state index contributed by atoms with van der Waals surface area (Å²) in [7, 11) is 3.23. The van der Waals surface area contributed by atoms with Crippen LogP contribution in [0.15, 0.2) is 66.7 Å². The summed E-state index contributed by atoms with van der Waals surface area (Å²) in [6.07, 6.45) is 0.751. The zero-order valence-corrected chi connectivity index (χ0v) is 19.8. The first kappa shape index (κ1) is 23.6. The van der Waals surface area contributed by atoms with Crippen LogP contribution < -0.4 is 20.3 Å². The van der Waals surface area contributed by atoms with Crippen LogP contribution in [0.4, 0.5) is 0 Å². The number of hydrazine groups is 1. The molecular formula is C26H26ClN3O4. The molecule has 0 aliphatic carbocycles. The number of halogens is 1. The van der Waals surface area contributed by atoms with Gasteiger partial charge in [-0.15, -0.1) is 0 Å². The van der Waals surface area contributed by atoms with Crippen LogP contribution in [0.5, 0.6) is 11.5 Å². The highest BCUT2D eigenvalue weighted by Crippen LogP contribution is 2.40. The molecule has 0 saturated heterocycles. The van der Waals surface area contributed by atoms with Gasteiger partial charge in [-0.2, -0.15) is 0 Å². The first-order chi connectivity index (χ1) is 16.5. The van der Waals surface area contributed by atoms with Gasteiger partial charge in [0.15, 0.2) is 11.5 Å². The predicted octanol–water partition coefficient (Wildman–Crippen LogP) is 3.77. The molecule has 3 aromatic carbocycles. The van der Waals surface area contributed by atoms with E-state index in [9.17, 15) is 9.59 Å². The van der Waals surface area contributed by atoms with Gasteiger partial charge in [0, 0.05) is 17.1 Å². The van der Waals surface area contributed by atoms with Crippen molar-refractivity contribution < 1.29 is 19.1 Å². The lowest BCUT2D eigenvalue weighted by Gasteiger charge is -2.37. The van der Waals surface area contributed by atoms with E-state index in [0.717, 1.165) is 23.1 Å². The van der Waals surface area contributed by atoms with Crippen molar-refractivity contribution in [2.24, 2.45) is 0 Å². The maximum Gasteiger partial charge on any atom is 0.269 e. The van der Waals surface area contributed by atoms with Crippen LogP contribution in [-0.2, 0) is 11.2 Å². The fourth-order valence-corrected chi connectivity index (χ4v) is 4.44. The molecule has 8 heteroatoms. The number of nitrogens with one attached hydrogen (secondary N) is 2. The third kappa shape index (κ3) is 5.16. The van der Waals surface area contributed by atoms with Gasteiger partial charge in [-0.1, -0.05) is 48.0 Å². The molecule has 1 atom stereocenters. The van der Waals surface area contributed by atoms with Crippen molar-refractivity contribution in [2.45, 2.75) is 12.5 Å². The predicted molar refractivity (Wildman–Crippen MR) is 130 cm³/mol. The topological polar surface area (TPSA) is 79.9 Å². The summed E-state index contributed by atoms with van der Waals surface area (Å²) >= 11 is 5.95. The number of rotatable bonds is 6. The number of nitrogens with zero attached hydrogens (tertiary/aromatic N) is 1. The second-order valence-electron chi connectivity index (χ2n) is 7.95. The van der Waals surface area contributed by atoms with Crippen LogP contribution in [0, 0.1) is 0 Å². The molecular weight excluding hydrogens is 454 g/mol. The van der Waals surface area contributed by atoms with Crippen molar-refractivity contribution in [3.05, 3.63) is 94.0 Å². The molecule has 34 heavy (non-hydrogen) atoms. The molecule has 2 amide bonds. The first-order valence-electron chi connectivity index (χ1n) is 10.9. The zero-order chi connectivity index (χ0) is 24.1. The normalized spacial score (nSPS) is 15.2. The first-order valence-corrected chi connectivity index (χ1v) is 11.3. The summed E-state index contributed by atoms with van der Waals surface area (Å²) in [5, 5.41) is 0.448. The Morgan fingerprint density at radius 3 is 2.41 bits per heavy atom.